The van der Waals surface area contributed by atoms with Crippen LogP contribution in [0.3, 0.4) is 0 Å². The lowest BCUT2D eigenvalue weighted by molar-refractivity contribution is 0.153. The Balaban J connectivity index is 2.74. The fraction of sp³-hybridized carbons (Fsp3) is 0.750. The predicted molar refractivity (Wildman–Crippen MR) is 36.8 cm³/mol. The van der Waals surface area contributed by atoms with E-state index >= 15 is 0 Å². The average molecular weight is 168 g/mol. The summed E-state index contributed by atoms with van der Waals surface area (Å²) in [5.74, 6) is 0. The van der Waals surface area contributed by atoms with Crippen molar-refractivity contribution in [1.82, 2.24) is 0 Å². The largest absolute Gasteiger partial charge is 0.392 e. The highest BCUT2D eigenvalue weighted by atomic mass is 35.5. The Morgan fingerprint density at radius 2 is 2.67 bits per heavy atom. The van der Waals surface area contributed by atoms with Gasteiger partial charge in [0.15, 0.2) is 4.71 Å². The fourth-order valence-corrected chi connectivity index (χ4v) is 1.59. The molecule has 1 aliphatic heterocycles. The standard InChI is InChI=1S/C4H6ClNO2S/c1-3-6-8-2-4(5)9(3)7/h4H,2H2,1H3. The molecule has 0 spiro atoms. The predicted octanol–water partition coefficient (Wildman–Crippen LogP) is 0.664. The Labute approximate surface area is 60.5 Å². The van der Waals surface area contributed by atoms with Crippen LogP contribution in [0.4, 0.5) is 0 Å². The minimum atomic E-state index is -1.14. The summed E-state index contributed by atoms with van der Waals surface area (Å²) in [7, 11) is -1.14. The highest BCUT2D eigenvalue weighted by molar-refractivity contribution is 8.02. The van der Waals surface area contributed by atoms with E-state index in [-0.39, 0.29) is 6.61 Å². The third-order valence-corrected chi connectivity index (χ3v) is 2.79. The fourth-order valence-electron chi connectivity index (χ4n) is 0.470. The lowest BCUT2D eigenvalue weighted by Gasteiger charge is -2.12. The number of hydrogen-bond acceptors (Lipinski definition) is 3. The van der Waals surface area contributed by atoms with Crippen LogP contribution in [0.1, 0.15) is 6.92 Å². The van der Waals surface area contributed by atoms with Crippen molar-refractivity contribution in [3.8, 4) is 0 Å². The lowest BCUT2D eigenvalue weighted by Crippen LogP contribution is -2.24. The minimum absolute atomic E-state index is 0.242. The normalized spacial score (nSPS) is 35.1. The van der Waals surface area contributed by atoms with Gasteiger partial charge in [0, 0.05) is 0 Å². The average Bonchev–Trinajstić information content (AvgIpc) is 1.83. The van der Waals surface area contributed by atoms with Gasteiger partial charge in [-0.05, 0) is 6.92 Å². The first-order valence-electron chi connectivity index (χ1n) is 2.43. The van der Waals surface area contributed by atoms with Crippen LogP contribution < -0.4 is 0 Å². The summed E-state index contributed by atoms with van der Waals surface area (Å²) in [6, 6.07) is 0. The van der Waals surface area contributed by atoms with Crippen LogP contribution in [0.25, 0.3) is 0 Å². The van der Waals surface area contributed by atoms with E-state index in [9.17, 15) is 4.21 Å². The molecule has 1 heterocycles. The summed E-state index contributed by atoms with van der Waals surface area (Å²) < 4.78 is 10.5. The van der Waals surface area contributed by atoms with Crippen LogP contribution in [0, 0.1) is 0 Å². The summed E-state index contributed by atoms with van der Waals surface area (Å²) in [5.41, 5.74) is 0. The molecule has 0 amide bonds. The number of hydrogen-bond donors (Lipinski definition) is 0. The molecule has 3 nitrogen and oxygen atoms in total. The molecule has 2 atom stereocenters. The summed E-state index contributed by atoms with van der Waals surface area (Å²) in [6.07, 6.45) is 0. The lowest BCUT2D eigenvalue weighted by atomic mass is 10.8. The van der Waals surface area contributed by atoms with Crippen LogP contribution >= 0.6 is 11.6 Å². The highest BCUT2D eigenvalue weighted by Crippen LogP contribution is 2.10. The molecule has 0 aromatic carbocycles. The molecule has 9 heavy (non-hydrogen) atoms. The molecular weight excluding hydrogens is 162 g/mol. The molecule has 0 aromatic rings. The second-order valence-electron chi connectivity index (χ2n) is 1.61. The minimum Gasteiger partial charge on any atom is -0.392 e. The summed E-state index contributed by atoms with van der Waals surface area (Å²) >= 11 is 5.56. The second-order valence-corrected chi connectivity index (χ2v) is 4.15. The van der Waals surface area contributed by atoms with Gasteiger partial charge >= 0.3 is 0 Å². The van der Waals surface area contributed by atoms with Crippen LogP contribution in [-0.4, -0.2) is 20.6 Å². The van der Waals surface area contributed by atoms with Gasteiger partial charge in [-0.3, -0.25) is 4.21 Å². The Morgan fingerprint density at radius 3 is 3.11 bits per heavy atom. The van der Waals surface area contributed by atoms with Crippen molar-refractivity contribution in [2.75, 3.05) is 6.61 Å². The van der Waals surface area contributed by atoms with Crippen molar-refractivity contribution in [2.45, 2.75) is 11.6 Å². The zero-order valence-electron chi connectivity index (χ0n) is 4.83. The van der Waals surface area contributed by atoms with Gasteiger partial charge in [0.25, 0.3) is 0 Å². The molecule has 0 aromatic heterocycles. The number of halogens is 1. The SMILES string of the molecule is CC1=NOCC(Cl)S1=O. The van der Waals surface area contributed by atoms with E-state index in [1.165, 1.54) is 0 Å². The maximum absolute atomic E-state index is 10.9. The topological polar surface area (TPSA) is 38.7 Å². The first-order valence-corrected chi connectivity index (χ1v) is 4.08. The molecule has 0 bridgehead atoms. The van der Waals surface area contributed by atoms with E-state index in [2.05, 4.69) is 9.99 Å². The Hall–Kier alpha value is -0.0900. The maximum atomic E-state index is 10.9. The van der Waals surface area contributed by atoms with Crippen molar-refractivity contribution in [3.05, 3.63) is 0 Å². The number of alkyl halides is 1. The van der Waals surface area contributed by atoms with E-state index in [1.807, 2.05) is 0 Å². The molecule has 1 aliphatic rings. The van der Waals surface area contributed by atoms with Crippen molar-refractivity contribution in [3.63, 3.8) is 0 Å². The molecule has 52 valence electrons. The van der Waals surface area contributed by atoms with Gasteiger partial charge in [-0.1, -0.05) is 5.16 Å². The van der Waals surface area contributed by atoms with Gasteiger partial charge in [0.1, 0.15) is 11.7 Å². The van der Waals surface area contributed by atoms with Crippen LogP contribution in [0.2, 0.25) is 0 Å². The third-order valence-electron chi connectivity index (χ3n) is 0.922. The smallest absolute Gasteiger partial charge is 0.151 e. The van der Waals surface area contributed by atoms with Gasteiger partial charge in [0.2, 0.25) is 0 Å². The van der Waals surface area contributed by atoms with Crippen LogP contribution in [-0.2, 0) is 15.6 Å². The Bertz CT molecular complexity index is 170. The number of rotatable bonds is 0. The first-order chi connectivity index (χ1) is 4.22. The van der Waals surface area contributed by atoms with Crippen LogP contribution in [0.15, 0.2) is 5.16 Å². The van der Waals surface area contributed by atoms with Crippen molar-refractivity contribution < 1.29 is 9.05 Å². The second kappa shape index (κ2) is 2.66. The number of nitrogens with zero attached hydrogens (tertiary/aromatic N) is 1. The third kappa shape index (κ3) is 1.43. The monoisotopic (exact) mass is 167 g/mol. The van der Waals surface area contributed by atoms with Crippen molar-refractivity contribution in [1.29, 1.82) is 0 Å². The van der Waals surface area contributed by atoms with Gasteiger partial charge in [-0.2, -0.15) is 0 Å². The molecule has 0 N–H and O–H groups in total. The maximum Gasteiger partial charge on any atom is 0.151 e. The van der Waals surface area contributed by atoms with E-state index in [0.29, 0.717) is 5.04 Å². The van der Waals surface area contributed by atoms with Gasteiger partial charge in [-0.15, -0.1) is 11.6 Å². The van der Waals surface area contributed by atoms with Crippen molar-refractivity contribution in [2.24, 2.45) is 5.16 Å². The quantitative estimate of drug-likeness (QED) is 0.498. The molecule has 1 rings (SSSR count). The molecular formula is C4H6ClNO2S. The molecule has 2 unspecified atom stereocenters. The van der Waals surface area contributed by atoms with Gasteiger partial charge in [0.05, 0.1) is 10.8 Å². The molecule has 0 saturated carbocycles. The number of oxime groups is 1. The van der Waals surface area contributed by atoms with Gasteiger partial charge in [-0.25, -0.2) is 0 Å². The van der Waals surface area contributed by atoms with E-state index in [4.69, 9.17) is 11.6 Å². The van der Waals surface area contributed by atoms with Crippen molar-refractivity contribution >= 4 is 27.4 Å². The summed E-state index contributed by atoms with van der Waals surface area (Å²) in [6.45, 7) is 1.87. The molecule has 0 radical (unpaired) electrons. The van der Waals surface area contributed by atoms with E-state index in [1.54, 1.807) is 6.92 Å². The zero-order chi connectivity index (χ0) is 6.85. The van der Waals surface area contributed by atoms with Crippen LogP contribution in [0.5, 0.6) is 0 Å². The summed E-state index contributed by atoms with van der Waals surface area (Å²) in [4.78, 5) is 4.63. The Kier molecular flexibility index (Phi) is 2.08. The summed E-state index contributed by atoms with van der Waals surface area (Å²) in [5, 5.41) is 3.95. The molecule has 5 heteroatoms. The molecule has 0 aliphatic carbocycles. The molecule has 0 fully saturated rings. The van der Waals surface area contributed by atoms with E-state index in [0.717, 1.165) is 0 Å². The van der Waals surface area contributed by atoms with Gasteiger partial charge < -0.3 is 4.84 Å². The Morgan fingerprint density at radius 1 is 2.00 bits per heavy atom. The zero-order valence-corrected chi connectivity index (χ0v) is 6.41. The first kappa shape index (κ1) is 7.02. The molecule has 0 saturated heterocycles. The highest BCUT2D eigenvalue weighted by Gasteiger charge is 2.21. The van der Waals surface area contributed by atoms with E-state index < -0.39 is 15.5 Å².